The number of hydrogen-bond donors (Lipinski definition) is 2. The number of carbonyl (C=O) groups is 1. The van der Waals surface area contributed by atoms with E-state index in [4.69, 9.17) is 0 Å². The van der Waals surface area contributed by atoms with Gasteiger partial charge in [-0.1, -0.05) is 11.8 Å². The van der Waals surface area contributed by atoms with Gasteiger partial charge in [0.15, 0.2) is 5.50 Å². The van der Waals surface area contributed by atoms with Crippen molar-refractivity contribution in [1.82, 2.24) is 10.7 Å². The van der Waals surface area contributed by atoms with E-state index in [1.807, 2.05) is 6.92 Å². The van der Waals surface area contributed by atoms with Crippen molar-refractivity contribution in [2.24, 2.45) is 5.10 Å². The van der Waals surface area contributed by atoms with Crippen LogP contribution in [0.5, 0.6) is 0 Å². The second-order valence-electron chi connectivity index (χ2n) is 1.96. The molecule has 4 nitrogen and oxygen atoms in total. The first-order chi connectivity index (χ1) is 4.68. The van der Waals surface area contributed by atoms with Crippen LogP contribution in [0.3, 0.4) is 0 Å². The minimum atomic E-state index is -0.0718. The summed E-state index contributed by atoms with van der Waals surface area (Å²) in [6.45, 7) is 3.37. The molecule has 0 spiro atoms. The molecule has 1 aliphatic rings. The molecule has 1 atom stereocenters. The zero-order chi connectivity index (χ0) is 7.56. The maximum Gasteiger partial charge on any atom is 0.219 e. The first kappa shape index (κ1) is 7.40. The van der Waals surface area contributed by atoms with E-state index >= 15 is 0 Å². The zero-order valence-electron chi connectivity index (χ0n) is 5.84. The second kappa shape index (κ2) is 2.92. The maximum atomic E-state index is 10.5. The van der Waals surface area contributed by atoms with Crippen molar-refractivity contribution in [2.75, 3.05) is 0 Å². The molecule has 0 saturated heterocycles. The lowest BCUT2D eigenvalue weighted by Gasteiger charge is -2.07. The van der Waals surface area contributed by atoms with Crippen molar-refractivity contribution in [3.05, 3.63) is 0 Å². The molecule has 10 heavy (non-hydrogen) atoms. The summed E-state index contributed by atoms with van der Waals surface area (Å²) in [7, 11) is 0. The Morgan fingerprint density at radius 2 is 2.60 bits per heavy atom. The summed E-state index contributed by atoms with van der Waals surface area (Å²) in [6.07, 6.45) is 0. The monoisotopic (exact) mass is 159 g/mol. The van der Waals surface area contributed by atoms with Crippen LogP contribution >= 0.6 is 11.8 Å². The molecule has 1 rings (SSSR count). The van der Waals surface area contributed by atoms with Crippen LogP contribution < -0.4 is 10.7 Å². The number of amides is 1. The number of rotatable bonds is 1. The van der Waals surface area contributed by atoms with Gasteiger partial charge in [0.1, 0.15) is 0 Å². The number of nitrogens with one attached hydrogen (secondary N) is 2. The van der Waals surface area contributed by atoms with Gasteiger partial charge in [-0.05, 0) is 6.92 Å². The van der Waals surface area contributed by atoms with Gasteiger partial charge in [0, 0.05) is 6.92 Å². The average molecular weight is 159 g/mol. The van der Waals surface area contributed by atoms with E-state index in [1.165, 1.54) is 18.7 Å². The molecular formula is C5H9N3OS. The first-order valence-corrected chi connectivity index (χ1v) is 3.80. The van der Waals surface area contributed by atoms with Gasteiger partial charge >= 0.3 is 0 Å². The van der Waals surface area contributed by atoms with Gasteiger partial charge in [0.2, 0.25) is 5.91 Å². The zero-order valence-corrected chi connectivity index (χ0v) is 6.66. The molecule has 0 radical (unpaired) electrons. The fraction of sp³-hybridized carbons (Fsp3) is 0.600. The second-order valence-corrected chi connectivity index (χ2v) is 3.26. The fourth-order valence-electron chi connectivity index (χ4n) is 0.619. The number of hydrazone groups is 1. The van der Waals surface area contributed by atoms with Crippen LogP contribution in [0.15, 0.2) is 5.10 Å². The molecule has 56 valence electrons. The molecule has 1 amide bonds. The third-order valence-electron chi connectivity index (χ3n) is 0.962. The van der Waals surface area contributed by atoms with Crippen molar-refractivity contribution in [3.63, 3.8) is 0 Å². The van der Waals surface area contributed by atoms with Crippen LogP contribution in [0.4, 0.5) is 0 Å². The molecule has 1 aliphatic heterocycles. The average Bonchev–Trinajstić information content (AvgIpc) is 2.13. The standard InChI is InChI=1S/C5H9N3OS/c1-3(9)6-5-8-7-4(2)10-5/h5,8H,1-2H3,(H,6,9). The van der Waals surface area contributed by atoms with Gasteiger partial charge in [-0.15, -0.1) is 0 Å². The molecule has 0 fully saturated rings. The Kier molecular flexibility index (Phi) is 2.16. The molecule has 0 bridgehead atoms. The predicted molar refractivity (Wildman–Crippen MR) is 41.4 cm³/mol. The van der Waals surface area contributed by atoms with Crippen LogP contribution in [0.2, 0.25) is 0 Å². The van der Waals surface area contributed by atoms with Crippen molar-refractivity contribution >= 4 is 22.7 Å². The highest BCUT2D eigenvalue weighted by Crippen LogP contribution is 2.13. The molecule has 1 unspecified atom stereocenters. The van der Waals surface area contributed by atoms with E-state index in [9.17, 15) is 4.79 Å². The fourth-order valence-corrected chi connectivity index (χ4v) is 1.40. The molecule has 1 heterocycles. The summed E-state index contributed by atoms with van der Waals surface area (Å²) >= 11 is 1.50. The van der Waals surface area contributed by atoms with E-state index in [-0.39, 0.29) is 11.4 Å². The quantitative estimate of drug-likeness (QED) is 0.569. The van der Waals surface area contributed by atoms with Crippen LogP contribution in [0, 0.1) is 0 Å². The highest BCUT2D eigenvalue weighted by Gasteiger charge is 2.15. The Bertz CT molecular complexity index is 180. The molecule has 0 saturated carbocycles. The summed E-state index contributed by atoms with van der Waals surface area (Å²) in [6, 6.07) is 0. The minimum Gasteiger partial charge on any atom is -0.326 e. The van der Waals surface area contributed by atoms with Crippen LogP contribution in [-0.2, 0) is 4.79 Å². The van der Waals surface area contributed by atoms with Crippen LogP contribution in [0.25, 0.3) is 0 Å². The Balaban J connectivity index is 2.29. The molecule has 0 aromatic heterocycles. The summed E-state index contributed by atoms with van der Waals surface area (Å²) in [4.78, 5) is 10.5. The number of nitrogens with zero attached hydrogens (tertiary/aromatic N) is 1. The SMILES string of the molecule is CC(=O)NC1NN=C(C)S1. The van der Waals surface area contributed by atoms with E-state index in [0.29, 0.717) is 0 Å². The minimum absolute atomic E-state index is 0.0464. The molecular weight excluding hydrogens is 150 g/mol. The van der Waals surface area contributed by atoms with Gasteiger partial charge in [0.25, 0.3) is 0 Å². The van der Waals surface area contributed by atoms with Gasteiger partial charge in [-0.25, -0.2) is 0 Å². The molecule has 0 aliphatic carbocycles. The van der Waals surface area contributed by atoms with E-state index in [0.717, 1.165) is 5.04 Å². The van der Waals surface area contributed by atoms with E-state index in [1.54, 1.807) is 0 Å². The Hall–Kier alpha value is -0.710. The summed E-state index contributed by atoms with van der Waals surface area (Å²) in [5.41, 5.74) is 2.68. The normalized spacial score (nSPS) is 23.4. The lowest BCUT2D eigenvalue weighted by Crippen LogP contribution is -2.37. The van der Waals surface area contributed by atoms with Gasteiger partial charge in [-0.2, -0.15) is 5.10 Å². The summed E-state index contributed by atoms with van der Waals surface area (Å²) in [5, 5.41) is 7.50. The summed E-state index contributed by atoms with van der Waals surface area (Å²) < 4.78 is 0. The van der Waals surface area contributed by atoms with E-state index in [2.05, 4.69) is 15.8 Å². The van der Waals surface area contributed by atoms with Gasteiger partial charge < -0.3 is 5.32 Å². The number of hydrogen-bond acceptors (Lipinski definition) is 4. The van der Waals surface area contributed by atoms with Gasteiger partial charge in [-0.3, -0.25) is 10.2 Å². The number of carbonyl (C=O) groups excluding carboxylic acids is 1. The Labute approximate surface area is 63.4 Å². The largest absolute Gasteiger partial charge is 0.326 e. The molecule has 2 N–H and O–H groups in total. The van der Waals surface area contributed by atoms with Crippen molar-refractivity contribution in [1.29, 1.82) is 0 Å². The highest BCUT2D eigenvalue weighted by atomic mass is 32.2. The third-order valence-corrected chi connectivity index (χ3v) is 1.85. The third kappa shape index (κ3) is 1.91. The Morgan fingerprint density at radius 3 is 3.00 bits per heavy atom. The van der Waals surface area contributed by atoms with Gasteiger partial charge in [0.05, 0.1) is 5.04 Å². The summed E-state index contributed by atoms with van der Waals surface area (Å²) in [5.74, 6) is -0.0464. The van der Waals surface area contributed by atoms with E-state index < -0.39 is 0 Å². The first-order valence-electron chi connectivity index (χ1n) is 2.92. The lowest BCUT2D eigenvalue weighted by atomic mass is 10.7. The number of thioether (sulfide) groups is 1. The van der Waals surface area contributed by atoms with Crippen LogP contribution in [-0.4, -0.2) is 16.4 Å². The molecule has 0 aromatic carbocycles. The lowest BCUT2D eigenvalue weighted by molar-refractivity contribution is -0.119. The van der Waals surface area contributed by atoms with Crippen molar-refractivity contribution < 1.29 is 4.79 Å². The highest BCUT2D eigenvalue weighted by molar-refractivity contribution is 8.14. The molecule has 5 heteroatoms. The van der Waals surface area contributed by atoms with Crippen molar-refractivity contribution in [3.8, 4) is 0 Å². The van der Waals surface area contributed by atoms with Crippen molar-refractivity contribution in [2.45, 2.75) is 19.3 Å². The topological polar surface area (TPSA) is 53.5 Å². The molecule has 0 aromatic rings. The predicted octanol–water partition coefficient (Wildman–Crippen LogP) is 0.0759. The maximum absolute atomic E-state index is 10.5. The van der Waals surface area contributed by atoms with Crippen LogP contribution in [0.1, 0.15) is 13.8 Å². The smallest absolute Gasteiger partial charge is 0.219 e. The Morgan fingerprint density at radius 1 is 1.90 bits per heavy atom.